The lowest BCUT2D eigenvalue weighted by Gasteiger charge is -2.24. The number of rotatable bonds is 3. The van der Waals surface area contributed by atoms with Gasteiger partial charge in [0.1, 0.15) is 22.7 Å². The van der Waals surface area contributed by atoms with Crippen molar-refractivity contribution in [3.63, 3.8) is 0 Å². The molecular formula is C18H22FNO5. The maximum Gasteiger partial charge on any atom is 0.410 e. The van der Waals surface area contributed by atoms with Crippen LogP contribution in [0.25, 0.3) is 5.57 Å². The van der Waals surface area contributed by atoms with Crippen molar-refractivity contribution in [1.29, 1.82) is 0 Å². The van der Waals surface area contributed by atoms with Gasteiger partial charge in [0.15, 0.2) is 0 Å². The first-order valence-corrected chi connectivity index (χ1v) is 7.80. The molecule has 0 N–H and O–H groups in total. The molecule has 1 aromatic carbocycles. The highest BCUT2D eigenvalue weighted by Crippen LogP contribution is 2.31. The van der Waals surface area contributed by atoms with Gasteiger partial charge < -0.3 is 19.1 Å². The van der Waals surface area contributed by atoms with Crippen molar-refractivity contribution in [3.8, 4) is 5.75 Å². The van der Waals surface area contributed by atoms with Crippen molar-refractivity contribution >= 4 is 17.6 Å². The molecule has 0 aromatic heterocycles. The summed E-state index contributed by atoms with van der Waals surface area (Å²) in [4.78, 5) is 25.5. The number of carbonyl (C=O) groups is 2. The Morgan fingerprint density at radius 2 is 1.88 bits per heavy atom. The van der Waals surface area contributed by atoms with Crippen LogP contribution in [0.5, 0.6) is 5.75 Å². The first-order valence-electron chi connectivity index (χ1n) is 7.80. The van der Waals surface area contributed by atoms with Gasteiger partial charge in [-0.3, -0.25) is 0 Å². The molecule has 0 fully saturated rings. The molecule has 6 nitrogen and oxygen atoms in total. The van der Waals surface area contributed by atoms with Gasteiger partial charge in [0, 0.05) is 18.7 Å². The lowest BCUT2D eigenvalue weighted by Crippen LogP contribution is -2.35. The van der Waals surface area contributed by atoms with Crippen LogP contribution in [0, 0.1) is 5.82 Å². The maximum absolute atomic E-state index is 14.9. The van der Waals surface area contributed by atoms with E-state index < -0.39 is 23.5 Å². The summed E-state index contributed by atoms with van der Waals surface area (Å²) >= 11 is 0. The second-order valence-electron chi connectivity index (χ2n) is 6.59. The van der Waals surface area contributed by atoms with Gasteiger partial charge in [0.05, 0.1) is 14.2 Å². The van der Waals surface area contributed by atoms with E-state index in [1.165, 1.54) is 31.3 Å². The predicted molar refractivity (Wildman–Crippen MR) is 90.1 cm³/mol. The molecule has 1 aliphatic rings. The Hall–Kier alpha value is -2.57. The molecule has 0 bridgehead atoms. The van der Waals surface area contributed by atoms with Crippen LogP contribution in [0.2, 0.25) is 0 Å². The van der Waals surface area contributed by atoms with E-state index in [0.717, 1.165) is 0 Å². The Bertz CT molecular complexity index is 721. The molecule has 0 spiro atoms. The van der Waals surface area contributed by atoms with E-state index in [9.17, 15) is 14.0 Å². The number of hydrogen-bond acceptors (Lipinski definition) is 5. The second kappa shape index (κ2) is 7.13. The summed E-state index contributed by atoms with van der Waals surface area (Å²) in [6.45, 7) is 5.84. The number of hydrogen-bond donors (Lipinski definition) is 0. The first kappa shape index (κ1) is 18.8. The minimum absolute atomic E-state index is 0.0932. The number of ether oxygens (including phenoxy) is 3. The zero-order valence-corrected chi connectivity index (χ0v) is 15.0. The molecule has 0 saturated heterocycles. The van der Waals surface area contributed by atoms with Crippen molar-refractivity contribution in [2.24, 2.45) is 0 Å². The molecule has 0 radical (unpaired) electrons. The van der Waals surface area contributed by atoms with Gasteiger partial charge >= 0.3 is 12.1 Å². The van der Waals surface area contributed by atoms with Crippen LogP contribution >= 0.6 is 0 Å². The smallest absolute Gasteiger partial charge is 0.410 e. The van der Waals surface area contributed by atoms with Gasteiger partial charge in [-0.2, -0.15) is 0 Å². The summed E-state index contributed by atoms with van der Waals surface area (Å²) in [6.07, 6.45) is 1.26. The Morgan fingerprint density at radius 3 is 2.44 bits per heavy atom. The maximum atomic E-state index is 14.9. The average Bonchev–Trinajstić information content (AvgIpc) is 3.02. The highest BCUT2D eigenvalue weighted by Gasteiger charge is 2.29. The molecule has 25 heavy (non-hydrogen) atoms. The van der Waals surface area contributed by atoms with E-state index in [1.807, 2.05) is 0 Å². The number of nitrogens with zero attached hydrogens (tertiary/aromatic N) is 1. The Morgan fingerprint density at radius 1 is 1.20 bits per heavy atom. The molecule has 1 heterocycles. The SMILES string of the molecule is COC(=O)c1c(OC)ccc(C2=CCN(C(=O)OC(C)(C)C)C2)c1F. The predicted octanol–water partition coefficient (Wildman–Crippen LogP) is 3.26. The number of benzene rings is 1. The van der Waals surface area contributed by atoms with Gasteiger partial charge in [-0.1, -0.05) is 6.08 Å². The van der Waals surface area contributed by atoms with E-state index >= 15 is 0 Å². The fourth-order valence-electron chi connectivity index (χ4n) is 2.48. The third-order valence-corrected chi connectivity index (χ3v) is 3.63. The molecule has 0 saturated carbocycles. The van der Waals surface area contributed by atoms with Crippen LogP contribution < -0.4 is 4.74 Å². The third kappa shape index (κ3) is 4.10. The largest absolute Gasteiger partial charge is 0.496 e. The zero-order valence-electron chi connectivity index (χ0n) is 15.0. The standard InChI is InChI=1S/C18H22FNO5/c1-18(2,3)25-17(22)20-9-8-11(10-20)12-6-7-13(23-4)14(15(12)19)16(21)24-5/h6-8H,9-10H2,1-5H3. The van der Waals surface area contributed by atoms with Crippen molar-refractivity contribution in [1.82, 2.24) is 4.90 Å². The minimum Gasteiger partial charge on any atom is -0.496 e. The van der Waals surface area contributed by atoms with E-state index in [2.05, 4.69) is 4.74 Å². The van der Waals surface area contributed by atoms with Crippen LogP contribution in [-0.2, 0) is 9.47 Å². The number of carbonyl (C=O) groups excluding carboxylic acids is 2. The van der Waals surface area contributed by atoms with Crippen molar-refractivity contribution in [2.75, 3.05) is 27.3 Å². The van der Waals surface area contributed by atoms with E-state index in [-0.39, 0.29) is 23.4 Å². The lowest BCUT2D eigenvalue weighted by atomic mass is 10.0. The molecule has 2 rings (SSSR count). The van der Waals surface area contributed by atoms with Crippen molar-refractivity contribution < 1.29 is 28.2 Å². The molecule has 0 atom stereocenters. The molecule has 0 unspecified atom stereocenters. The van der Waals surface area contributed by atoms with Crippen LogP contribution in [0.1, 0.15) is 36.7 Å². The van der Waals surface area contributed by atoms with Crippen LogP contribution in [0.3, 0.4) is 0 Å². The zero-order chi connectivity index (χ0) is 18.8. The van der Waals surface area contributed by atoms with Gasteiger partial charge in [-0.15, -0.1) is 0 Å². The highest BCUT2D eigenvalue weighted by atomic mass is 19.1. The summed E-state index contributed by atoms with van der Waals surface area (Å²) in [5.41, 5.74) is -0.0500. The summed E-state index contributed by atoms with van der Waals surface area (Å²) in [5.74, 6) is -1.46. The van der Waals surface area contributed by atoms with Crippen LogP contribution in [0.15, 0.2) is 18.2 Å². The van der Waals surface area contributed by atoms with Crippen LogP contribution in [-0.4, -0.2) is 49.9 Å². The summed E-state index contributed by atoms with van der Waals surface area (Å²) in [5, 5.41) is 0. The summed E-state index contributed by atoms with van der Waals surface area (Å²) in [7, 11) is 2.52. The minimum atomic E-state index is -0.821. The molecule has 136 valence electrons. The van der Waals surface area contributed by atoms with E-state index in [0.29, 0.717) is 12.1 Å². The fraction of sp³-hybridized carbons (Fsp3) is 0.444. The molecule has 1 aliphatic heterocycles. The number of halogens is 1. The fourth-order valence-corrected chi connectivity index (χ4v) is 2.48. The quantitative estimate of drug-likeness (QED) is 0.782. The molecule has 7 heteroatoms. The van der Waals surface area contributed by atoms with Gasteiger partial charge in [-0.05, 0) is 38.5 Å². The normalized spacial score (nSPS) is 14.2. The summed E-state index contributed by atoms with van der Waals surface area (Å²) in [6, 6.07) is 3.02. The Labute approximate surface area is 146 Å². The number of amides is 1. The first-order chi connectivity index (χ1) is 11.7. The van der Waals surface area contributed by atoms with E-state index in [4.69, 9.17) is 9.47 Å². The van der Waals surface area contributed by atoms with Crippen LogP contribution in [0.4, 0.5) is 9.18 Å². The molecule has 1 aromatic rings. The molecular weight excluding hydrogens is 329 g/mol. The van der Waals surface area contributed by atoms with Crippen molar-refractivity contribution in [3.05, 3.63) is 35.2 Å². The van der Waals surface area contributed by atoms with Gasteiger partial charge in [0.25, 0.3) is 0 Å². The Balaban J connectivity index is 2.26. The highest BCUT2D eigenvalue weighted by molar-refractivity contribution is 5.94. The summed E-state index contributed by atoms with van der Waals surface area (Å²) < 4.78 is 29.8. The van der Waals surface area contributed by atoms with Crippen molar-refractivity contribution in [2.45, 2.75) is 26.4 Å². The average molecular weight is 351 g/mol. The monoisotopic (exact) mass is 351 g/mol. The second-order valence-corrected chi connectivity index (χ2v) is 6.59. The lowest BCUT2D eigenvalue weighted by molar-refractivity contribution is 0.0305. The number of esters is 1. The Kier molecular flexibility index (Phi) is 5.35. The topological polar surface area (TPSA) is 65.1 Å². The van der Waals surface area contributed by atoms with E-state index in [1.54, 1.807) is 26.8 Å². The van der Waals surface area contributed by atoms with Gasteiger partial charge in [-0.25, -0.2) is 14.0 Å². The third-order valence-electron chi connectivity index (χ3n) is 3.63. The van der Waals surface area contributed by atoms with Gasteiger partial charge in [0.2, 0.25) is 0 Å². The molecule has 1 amide bonds. The molecule has 0 aliphatic carbocycles. The number of methoxy groups -OCH3 is 2.